The second-order valence-electron chi connectivity index (χ2n) is 7.57. The van der Waals surface area contributed by atoms with Gasteiger partial charge in [-0.3, -0.25) is 4.79 Å². The molecule has 2 unspecified atom stereocenters. The fraction of sp³-hybridized carbons (Fsp3) is 0.364. The molecule has 0 heterocycles. The van der Waals surface area contributed by atoms with Gasteiger partial charge in [0.25, 0.3) is 0 Å². The van der Waals surface area contributed by atoms with Crippen LogP contribution in [-0.4, -0.2) is 41.2 Å². The van der Waals surface area contributed by atoms with Crippen molar-refractivity contribution in [2.75, 3.05) is 13.6 Å². The number of alkyl carbamates (subject to hydrolysis) is 1. The minimum absolute atomic E-state index is 0.226. The van der Waals surface area contributed by atoms with E-state index in [1.165, 1.54) is 4.90 Å². The first-order valence-corrected chi connectivity index (χ1v) is 9.19. The molecule has 2 N–H and O–H groups in total. The number of nitrogens with zero attached hydrogens (tertiary/aromatic N) is 1. The topological polar surface area (TPSA) is 78.9 Å². The standard InChI is InChI=1S/C22H28N2O4/c1-22(2,3)28-21(27)23-15-18(25)24(4)19(16-11-7-5-8-12-16)20(26)17-13-9-6-10-14-17/h5-14,19-20,26H,15H2,1-4H3,(H,23,27). The van der Waals surface area contributed by atoms with E-state index in [1.54, 1.807) is 27.8 Å². The number of nitrogens with one attached hydrogen (secondary N) is 1. The number of hydrogen-bond acceptors (Lipinski definition) is 4. The first-order valence-electron chi connectivity index (χ1n) is 9.19. The molecule has 0 saturated carbocycles. The van der Waals surface area contributed by atoms with Crippen molar-refractivity contribution in [2.45, 2.75) is 38.5 Å². The molecule has 0 bridgehead atoms. The zero-order valence-electron chi connectivity index (χ0n) is 16.8. The van der Waals surface area contributed by atoms with Crippen molar-refractivity contribution in [3.05, 3.63) is 71.8 Å². The summed E-state index contributed by atoms with van der Waals surface area (Å²) >= 11 is 0. The number of carbonyl (C=O) groups is 2. The molecule has 0 aliphatic rings. The van der Waals surface area contributed by atoms with E-state index in [1.807, 2.05) is 60.7 Å². The van der Waals surface area contributed by atoms with Gasteiger partial charge >= 0.3 is 6.09 Å². The maximum Gasteiger partial charge on any atom is 0.408 e. The van der Waals surface area contributed by atoms with Crippen molar-refractivity contribution in [3.63, 3.8) is 0 Å². The van der Waals surface area contributed by atoms with Gasteiger partial charge in [-0.15, -0.1) is 0 Å². The number of hydrogen-bond donors (Lipinski definition) is 2. The Labute approximate surface area is 166 Å². The number of carbonyl (C=O) groups excluding carboxylic acids is 2. The van der Waals surface area contributed by atoms with Crippen LogP contribution in [-0.2, 0) is 9.53 Å². The summed E-state index contributed by atoms with van der Waals surface area (Å²) in [6.45, 7) is 5.03. The van der Waals surface area contributed by atoms with Crippen LogP contribution in [0.15, 0.2) is 60.7 Å². The molecule has 150 valence electrons. The normalized spacial score (nSPS) is 13.3. The zero-order chi connectivity index (χ0) is 20.7. The molecule has 2 aromatic rings. The molecule has 6 heteroatoms. The molecule has 0 radical (unpaired) electrons. The highest BCUT2D eigenvalue weighted by Gasteiger charge is 2.30. The van der Waals surface area contributed by atoms with Gasteiger partial charge in [-0.2, -0.15) is 0 Å². The zero-order valence-corrected chi connectivity index (χ0v) is 16.8. The van der Waals surface area contributed by atoms with Crippen molar-refractivity contribution in [2.24, 2.45) is 0 Å². The molecule has 2 rings (SSSR count). The van der Waals surface area contributed by atoms with Crippen molar-refractivity contribution in [1.29, 1.82) is 0 Å². The summed E-state index contributed by atoms with van der Waals surface area (Å²) in [5, 5.41) is 13.4. The third-order valence-corrected chi connectivity index (χ3v) is 4.17. The van der Waals surface area contributed by atoms with Gasteiger partial charge in [-0.25, -0.2) is 4.79 Å². The highest BCUT2D eigenvalue weighted by atomic mass is 16.6. The quantitative estimate of drug-likeness (QED) is 0.800. The Balaban J connectivity index is 2.16. The second-order valence-corrected chi connectivity index (χ2v) is 7.57. The van der Waals surface area contributed by atoms with E-state index in [9.17, 15) is 14.7 Å². The van der Waals surface area contributed by atoms with E-state index in [2.05, 4.69) is 5.32 Å². The van der Waals surface area contributed by atoms with Crippen molar-refractivity contribution >= 4 is 12.0 Å². The van der Waals surface area contributed by atoms with Crippen molar-refractivity contribution < 1.29 is 19.4 Å². The average molecular weight is 384 g/mol. The summed E-state index contributed by atoms with van der Waals surface area (Å²) < 4.78 is 5.16. The number of aliphatic hydroxyl groups is 1. The summed E-state index contributed by atoms with van der Waals surface area (Å²) in [7, 11) is 1.61. The van der Waals surface area contributed by atoms with Crippen LogP contribution in [0.4, 0.5) is 4.79 Å². The summed E-state index contributed by atoms with van der Waals surface area (Å²) in [6.07, 6.45) is -1.58. The fourth-order valence-electron chi connectivity index (χ4n) is 2.84. The largest absolute Gasteiger partial charge is 0.444 e. The van der Waals surface area contributed by atoms with E-state index in [-0.39, 0.29) is 12.5 Å². The molecule has 6 nitrogen and oxygen atoms in total. The number of benzene rings is 2. The third-order valence-electron chi connectivity index (χ3n) is 4.17. The molecule has 0 fully saturated rings. The van der Waals surface area contributed by atoms with Gasteiger partial charge in [0.1, 0.15) is 18.2 Å². The second kappa shape index (κ2) is 9.37. The van der Waals surface area contributed by atoms with Crippen LogP contribution >= 0.6 is 0 Å². The summed E-state index contributed by atoms with van der Waals surface area (Å²) in [5.41, 5.74) is 0.859. The molecule has 28 heavy (non-hydrogen) atoms. The lowest BCUT2D eigenvalue weighted by Gasteiger charge is -2.33. The Hall–Kier alpha value is -2.86. The molecule has 0 aliphatic carbocycles. The maximum atomic E-state index is 12.7. The monoisotopic (exact) mass is 384 g/mol. The first-order chi connectivity index (χ1) is 13.2. The summed E-state index contributed by atoms with van der Waals surface area (Å²) in [6, 6.07) is 17.9. The van der Waals surface area contributed by atoms with E-state index in [4.69, 9.17) is 4.74 Å². The summed E-state index contributed by atoms with van der Waals surface area (Å²) in [4.78, 5) is 26.0. The molecular formula is C22H28N2O4. The molecule has 2 aromatic carbocycles. The Morgan fingerprint density at radius 3 is 2.00 bits per heavy atom. The van der Waals surface area contributed by atoms with Crippen LogP contribution in [0, 0.1) is 0 Å². The van der Waals surface area contributed by atoms with Crippen LogP contribution in [0.2, 0.25) is 0 Å². The van der Waals surface area contributed by atoms with Crippen LogP contribution in [0.5, 0.6) is 0 Å². The van der Waals surface area contributed by atoms with E-state index < -0.39 is 23.8 Å². The number of amides is 2. The Bertz CT molecular complexity index is 772. The number of ether oxygens (including phenoxy) is 1. The predicted octanol–water partition coefficient (Wildman–Crippen LogP) is 3.44. The molecule has 2 amide bonds. The highest BCUT2D eigenvalue weighted by Crippen LogP contribution is 2.33. The number of aliphatic hydroxyl groups excluding tert-OH is 1. The van der Waals surface area contributed by atoms with Crippen LogP contribution < -0.4 is 5.32 Å². The maximum absolute atomic E-state index is 12.7. The highest BCUT2D eigenvalue weighted by molar-refractivity contribution is 5.82. The van der Waals surface area contributed by atoms with Gasteiger partial charge in [0, 0.05) is 7.05 Å². The van der Waals surface area contributed by atoms with Crippen molar-refractivity contribution in [3.8, 4) is 0 Å². The Morgan fingerprint density at radius 1 is 1.00 bits per heavy atom. The minimum Gasteiger partial charge on any atom is -0.444 e. The molecule has 0 aromatic heterocycles. The van der Waals surface area contributed by atoms with Crippen LogP contribution in [0.25, 0.3) is 0 Å². The van der Waals surface area contributed by atoms with E-state index >= 15 is 0 Å². The van der Waals surface area contributed by atoms with Gasteiger partial charge in [0.2, 0.25) is 5.91 Å². The number of likely N-dealkylation sites (N-methyl/N-ethyl adjacent to an activating group) is 1. The molecule has 0 spiro atoms. The van der Waals surface area contributed by atoms with E-state index in [0.717, 1.165) is 5.56 Å². The Kier molecular flexibility index (Phi) is 7.18. The van der Waals surface area contributed by atoms with Gasteiger partial charge in [0.05, 0.1) is 6.04 Å². The first kappa shape index (κ1) is 21.4. The van der Waals surface area contributed by atoms with Crippen LogP contribution in [0.3, 0.4) is 0 Å². The SMILES string of the molecule is CN(C(=O)CNC(=O)OC(C)(C)C)C(c1ccccc1)C(O)c1ccccc1. The lowest BCUT2D eigenvalue weighted by Crippen LogP contribution is -2.43. The van der Waals surface area contributed by atoms with Crippen molar-refractivity contribution in [1.82, 2.24) is 10.2 Å². The van der Waals surface area contributed by atoms with Gasteiger partial charge in [-0.05, 0) is 31.9 Å². The van der Waals surface area contributed by atoms with Crippen LogP contribution in [0.1, 0.15) is 44.0 Å². The molecule has 0 saturated heterocycles. The Morgan fingerprint density at radius 2 is 1.50 bits per heavy atom. The lowest BCUT2D eigenvalue weighted by atomic mass is 9.94. The molecule has 0 aliphatic heterocycles. The third kappa shape index (κ3) is 6.09. The fourth-order valence-corrected chi connectivity index (χ4v) is 2.84. The molecular weight excluding hydrogens is 356 g/mol. The average Bonchev–Trinajstić information content (AvgIpc) is 2.66. The van der Waals surface area contributed by atoms with Gasteiger partial charge in [0.15, 0.2) is 0 Å². The lowest BCUT2D eigenvalue weighted by molar-refractivity contribution is -0.133. The molecule has 2 atom stereocenters. The van der Waals surface area contributed by atoms with Gasteiger partial charge in [-0.1, -0.05) is 60.7 Å². The van der Waals surface area contributed by atoms with Gasteiger partial charge < -0.3 is 20.1 Å². The smallest absolute Gasteiger partial charge is 0.408 e. The summed E-state index contributed by atoms with van der Waals surface area (Å²) in [5.74, 6) is -0.338. The van der Waals surface area contributed by atoms with E-state index in [0.29, 0.717) is 5.56 Å². The predicted molar refractivity (Wildman–Crippen MR) is 108 cm³/mol. The number of rotatable bonds is 6. The minimum atomic E-state index is -0.918.